The van der Waals surface area contributed by atoms with Crippen molar-refractivity contribution < 1.29 is 4.79 Å². The summed E-state index contributed by atoms with van der Waals surface area (Å²) >= 11 is 1.84. The fourth-order valence-electron chi connectivity index (χ4n) is 8.02. The molecule has 1 amide bonds. The van der Waals surface area contributed by atoms with E-state index in [-0.39, 0.29) is 11.3 Å². The molecule has 5 atom stereocenters. The smallest absolute Gasteiger partial charge is 0.228 e. The van der Waals surface area contributed by atoms with Crippen LogP contribution in [0.3, 0.4) is 0 Å². The molecule has 6 rings (SSSR count). The zero-order valence-corrected chi connectivity index (χ0v) is 22.8. The molecule has 1 saturated carbocycles. The van der Waals surface area contributed by atoms with E-state index in [9.17, 15) is 4.79 Å². The molecule has 4 aliphatic rings. The van der Waals surface area contributed by atoms with Crippen molar-refractivity contribution >= 4 is 17.2 Å². The van der Waals surface area contributed by atoms with Crippen LogP contribution in [-0.2, 0) is 10.2 Å². The molecular weight excluding hydrogens is 464 g/mol. The molecule has 3 fully saturated rings. The summed E-state index contributed by atoms with van der Waals surface area (Å²) < 4.78 is 0. The maximum absolute atomic E-state index is 14.6. The molecule has 194 valence electrons. The van der Waals surface area contributed by atoms with Crippen LogP contribution in [0.25, 0.3) is 0 Å². The van der Waals surface area contributed by atoms with Gasteiger partial charge in [0.2, 0.25) is 5.91 Å². The molecule has 2 aliphatic carbocycles. The number of fused-ring (bicyclic) bond motifs is 2. The van der Waals surface area contributed by atoms with Gasteiger partial charge in [0, 0.05) is 36.0 Å². The lowest BCUT2D eigenvalue weighted by molar-refractivity contribution is -0.143. The van der Waals surface area contributed by atoms with Crippen LogP contribution in [0.5, 0.6) is 0 Å². The fraction of sp³-hybridized carbons (Fsp3) is 0.667. The summed E-state index contributed by atoms with van der Waals surface area (Å²) in [7, 11) is 2.04. The number of benzene rings is 1. The topological polar surface area (TPSA) is 57.3 Å². The number of aromatic nitrogens is 1. The molecule has 6 heteroatoms. The first-order chi connectivity index (χ1) is 17.6. The normalized spacial score (nSPS) is 33.1. The van der Waals surface area contributed by atoms with Gasteiger partial charge in [-0.2, -0.15) is 0 Å². The number of thiazole rings is 1. The van der Waals surface area contributed by atoms with E-state index in [1.165, 1.54) is 48.2 Å². The zero-order valence-electron chi connectivity index (χ0n) is 22.0. The minimum absolute atomic E-state index is 0.0215. The molecule has 2 N–H and O–H groups in total. The Balaban J connectivity index is 1.30. The minimum atomic E-state index is -0.0981. The number of piperidine rings is 1. The molecule has 1 aromatic carbocycles. The lowest BCUT2D eigenvalue weighted by Crippen LogP contribution is -2.55. The van der Waals surface area contributed by atoms with E-state index in [4.69, 9.17) is 4.98 Å². The number of carbonyl (C=O) groups excluding carboxylic acids is 1. The highest BCUT2D eigenvalue weighted by Gasteiger charge is 2.54. The maximum Gasteiger partial charge on any atom is 0.228 e. The number of nitrogens with one attached hydrogen (secondary N) is 2. The average Bonchev–Trinajstić information content (AvgIpc) is 3.54. The number of hydrogen-bond acceptors (Lipinski definition) is 5. The van der Waals surface area contributed by atoms with Crippen LogP contribution in [0.15, 0.2) is 30.3 Å². The number of carbonyl (C=O) groups is 1. The highest BCUT2D eigenvalue weighted by Crippen LogP contribution is 2.51. The molecule has 1 aromatic heterocycles. The Bertz CT molecular complexity index is 1060. The Hall–Kier alpha value is -1.76. The second-order valence-corrected chi connectivity index (χ2v) is 13.0. The van der Waals surface area contributed by atoms with Crippen LogP contribution >= 0.6 is 11.3 Å². The van der Waals surface area contributed by atoms with E-state index < -0.39 is 0 Å². The summed E-state index contributed by atoms with van der Waals surface area (Å²) in [6, 6.07) is 11.7. The molecular formula is C30H42N4OS. The molecule has 0 bridgehead atoms. The summed E-state index contributed by atoms with van der Waals surface area (Å²) in [4.78, 5) is 23.3. The third kappa shape index (κ3) is 4.23. The number of likely N-dealkylation sites (tertiary alicyclic amines) is 1. The van der Waals surface area contributed by atoms with E-state index in [2.05, 4.69) is 52.8 Å². The lowest BCUT2D eigenvalue weighted by Gasteiger charge is -2.48. The first kappa shape index (κ1) is 24.6. The number of aryl methyl sites for hydroxylation is 1. The van der Waals surface area contributed by atoms with Gasteiger partial charge in [-0.25, -0.2) is 4.98 Å². The summed E-state index contributed by atoms with van der Waals surface area (Å²) in [6.45, 7) is 4.73. The fourth-order valence-corrected chi connectivity index (χ4v) is 9.27. The van der Waals surface area contributed by atoms with Crippen LogP contribution in [0, 0.1) is 18.8 Å². The number of nitrogens with zero attached hydrogens (tertiary/aromatic N) is 2. The van der Waals surface area contributed by atoms with Crippen molar-refractivity contribution in [2.24, 2.45) is 11.8 Å². The Kier molecular flexibility index (Phi) is 6.95. The van der Waals surface area contributed by atoms with Crippen LogP contribution < -0.4 is 10.6 Å². The van der Waals surface area contributed by atoms with Gasteiger partial charge in [0.25, 0.3) is 0 Å². The van der Waals surface area contributed by atoms with Crippen molar-refractivity contribution in [3.8, 4) is 0 Å². The minimum Gasteiger partial charge on any atom is -0.339 e. The van der Waals surface area contributed by atoms with Gasteiger partial charge in [-0.1, -0.05) is 49.6 Å². The standard InChI is InChI=1S/C30H42N4OS/c1-20-33-27-25(31-2)13-15-30(28(27)36-20)19-32-18-24(30)29(35)34-16-14-23(21-9-5-3-6-10-21)17-26(34)22-11-7-4-8-12-22/h3,5-6,9-10,22-26,31-32H,4,7-8,11-19H2,1-2H3/t23-,24?,25?,26+,30-/m1/s1. The van der Waals surface area contributed by atoms with Gasteiger partial charge in [0.05, 0.1) is 22.7 Å². The van der Waals surface area contributed by atoms with Crippen molar-refractivity contribution in [2.45, 2.75) is 88.1 Å². The van der Waals surface area contributed by atoms with Gasteiger partial charge in [0.1, 0.15) is 0 Å². The second kappa shape index (κ2) is 10.2. The predicted molar refractivity (Wildman–Crippen MR) is 146 cm³/mol. The number of rotatable bonds is 4. The molecule has 1 spiro atoms. The van der Waals surface area contributed by atoms with Crippen molar-refractivity contribution in [3.63, 3.8) is 0 Å². The molecule has 2 saturated heterocycles. The van der Waals surface area contributed by atoms with Gasteiger partial charge in [-0.05, 0) is 69.9 Å². The summed E-state index contributed by atoms with van der Waals surface area (Å²) in [5, 5.41) is 8.29. The molecule has 3 heterocycles. The van der Waals surface area contributed by atoms with Crippen LogP contribution in [-0.4, -0.2) is 48.5 Å². The Morgan fingerprint density at radius 3 is 2.72 bits per heavy atom. The quantitative estimate of drug-likeness (QED) is 0.589. The third-order valence-corrected chi connectivity index (χ3v) is 11.1. The largest absolute Gasteiger partial charge is 0.339 e. The van der Waals surface area contributed by atoms with E-state index in [1.54, 1.807) is 0 Å². The first-order valence-corrected chi connectivity index (χ1v) is 15.1. The number of amides is 1. The summed E-state index contributed by atoms with van der Waals surface area (Å²) in [5.41, 5.74) is 2.57. The van der Waals surface area contributed by atoms with Gasteiger partial charge in [0.15, 0.2) is 0 Å². The van der Waals surface area contributed by atoms with Gasteiger partial charge >= 0.3 is 0 Å². The molecule has 2 aromatic rings. The van der Waals surface area contributed by atoms with Crippen molar-refractivity contribution in [3.05, 3.63) is 51.5 Å². The number of hydrogen-bond donors (Lipinski definition) is 2. The van der Waals surface area contributed by atoms with Gasteiger partial charge in [-0.3, -0.25) is 4.79 Å². The summed E-state index contributed by atoms with van der Waals surface area (Å²) in [6.07, 6.45) is 10.9. The second-order valence-electron chi connectivity index (χ2n) is 11.8. The summed E-state index contributed by atoms with van der Waals surface area (Å²) in [5.74, 6) is 1.66. The third-order valence-electron chi connectivity index (χ3n) is 9.92. The average molecular weight is 507 g/mol. The van der Waals surface area contributed by atoms with Crippen molar-refractivity contribution in [1.29, 1.82) is 0 Å². The van der Waals surface area contributed by atoms with Crippen LogP contribution in [0.1, 0.15) is 90.9 Å². The van der Waals surface area contributed by atoms with Gasteiger partial charge in [-0.15, -0.1) is 11.3 Å². The highest BCUT2D eigenvalue weighted by atomic mass is 32.1. The maximum atomic E-state index is 14.6. The Morgan fingerprint density at radius 2 is 1.94 bits per heavy atom. The van der Waals surface area contributed by atoms with Crippen molar-refractivity contribution in [1.82, 2.24) is 20.5 Å². The van der Waals surface area contributed by atoms with Crippen molar-refractivity contribution in [2.75, 3.05) is 26.7 Å². The van der Waals surface area contributed by atoms with E-state index in [1.807, 2.05) is 18.4 Å². The SMILES string of the molecule is CNC1CC[C@]2(CNCC2C(=O)N2CC[C@@H](c3ccccc3)C[C@H]2C2CCCCC2)c2sc(C)nc21. The first-order valence-electron chi connectivity index (χ1n) is 14.3. The molecule has 0 radical (unpaired) electrons. The van der Waals surface area contributed by atoms with Gasteiger partial charge < -0.3 is 15.5 Å². The highest BCUT2D eigenvalue weighted by molar-refractivity contribution is 7.11. The molecule has 2 unspecified atom stereocenters. The van der Waals surface area contributed by atoms with Crippen LogP contribution in [0.4, 0.5) is 0 Å². The predicted octanol–water partition coefficient (Wildman–Crippen LogP) is 5.32. The van der Waals surface area contributed by atoms with E-state index in [0.717, 1.165) is 50.3 Å². The molecule has 36 heavy (non-hydrogen) atoms. The molecule has 2 aliphatic heterocycles. The monoisotopic (exact) mass is 506 g/mol. The molecule has 5 nitrogen and oxygen atoms in total. The van der Waals surface area contributed by atoms with Crippen LogP contribution in [0.2, 0.25) is 0 Å². The van der Waals surface area contributed by atoms with E-state index in [0.29, 0.717) is 29.8 Å². The Morgan fingerprint density at radius 1 is 1.14 bits per heavy atom. The lowest BCUT2D eigenvalue weighted by atomic mass is 9.67. The Labute approximate surface area is 220 Å². The zero-order chi connectivity index (χ0) is 24.7. The van der Waals surface area contributed by atoms with E-state index >= 15 is 0 Å².